The molecule has 16 nitrogen and oxygen atoms in total. The van der Waals surface area contributed by atoms with Crippen LogP contribution in [0.25, 0.3) is 0 Å². The van der Waals surface area contributed by atoms with Crippen molar-refractivity contribution < 1.29 is 79.9 Å². The molecule has 14 atom stereocenters. The van der Waals surface area contributed by atoms with Crippen molar-refractivity contribution in [2.45, 2.75) is 85.5 Å². The summed E-state index contributed by atoms with van der Waals surface area (Å²) >= 11 is 0. The van der Waals surface area contributed by atoms with Crippen LogP contribution in [0.15, 0.2) is 0 Å². The summed E-state index contributed by atoms with van der Waals surface area (Å²) in [6.45, 7) is -3.16. The van der Waals surface area contributed by atoms with E-state index in [9.17, 15) is 56.2 Å². The van der Waals surface area contributed by atoms with Gasteiger partial charge in [0.2, 0.25) is 5.79 Å². The molecule has 0 unspecified atom stereocenters. The second-order valence-electron chi connectivity index (χ2n) is 8.41. The van der Waals surface area contributed by atoms with E-state index in [4.69, 9.17) is 23.7 Å². The highest BCUT2D eigenvalue weighted by molar-refractivity contribution is 4.99. The van der Waals surface area contributed by atoms with E-state index in [1.54, 1.807) is 0 Å². The van der Waals surface area contributed by atoms with Crippen LogP contribution in [-0.2, 0) is 23.7 Å². The Balaban J connectivity index is 1.67. The molecule has 0 aromatic carbocycles. The van der Waals surface area contributed by atoms with E-state index in [2.05, 4.69) is 0 Å². The number of aliphatic hydroxyl groups is 11. The van der Waals surface area contributed by atoms with Gasteiger partial charge < -0.3 is 79.9 Å². The van der Waals surface area contributed by atoms with Crippen molar-refractivity contribution in [3.05, 3.63) is 0 Å². The number of hydrogen-bond acceptors (Lipinski definition) is 16. The Kier molecular flexibility index (Phi) is 9.18. The van der Waals surface area contributed by atoms with Crippen molar-refractivity contribution in [2.24, 2.45) is 0 Å². The number of ether oxygens (including phenoxy) is 5. The highest BCUT2D eigenvalue weighted by Gasteiger charge is 2.59. The highest BCUT2D eigenvalue weighted by atomic mass is 16.8. The summed E-state index contributed by atoms with van der Waals surface area (Å²) in [5, 5.41) is 109. The minimum Gasteiger partial charge on any atom is -0.394 e. The zero-order valence-corrected chi connectivity index (χ0v) is 17.8. The van der Waals surface area contributed by atoms with Crippen molar-refractivity contribution in [1.29, 1.82) is 0 Å². The van der Waals surface area contributed by atoms with Crippen LogP contribution < -0.4 is 0 Å². The number of hydrogen-bond donors (Lipinski definition) is 11. The maximum atomic E-state index is 10.5. The Hall–Kier alpha value is -0.640. The smallest absolute Gasteiger partial charge is 0.224 e. The fourth-order valence-corrected chi connectivity index (χ4v) is 4.01. The van der Waals surface area contributed by atoms with Crippen LogP contribution in [0.2, 0.25) is 0 Å². The van der Waals surface area contributed by atoms with Crippen molar-refractivity contribution in [3.8, 4) is 0 Å². The van der Waals surface area contributed by atoms with E-state index in [0.717, 1.165) is 0 Å². The zero-order valence-electron chi connectivity index (χ0n) is 17.8. The second-order valence-corrected chi connectivity index (χ2v) is 8.41. The fourth-order valence-electron chi connectivity index (χ4n) is 4.01. The molecule has 0 aliphatic carbocycles. The molecule has 3 aliphatic heterocycles. The summed E-state index contributed by atoms with van der Waals surface area (Å²) in [7, 11) is 0. The van der Waals surface area contributed by atoms with E-state index < -0.39 is 112 Å². The van der Waals surface area contributed by atoms with Gasteiger partial charge in [-0.1, -0.05) is 0 Å². The van der Waals surface area contributed by atoms with Gasteiger partial charge in [0.15, 0.2) is 12.6 Å². The first-order valence-corrected chi connectivity index (χ1v) is 10.6. The molecular weight excluding hydrogens is 472 g/mol. The maximum absolute atomic E-state index is 10.5. The number of rotatable bonds is 8. The van der Waals surface area contributed by atoms with E-state index >= 15 is 0 Å². The summed E-state index contributed by atoms with van der Waals surface area (Å²) in [5.74, 6) is -2.41. The van der Waals surface area contributed by atoms with E-state index in [1.165, 1.54) is 0 Å². The predicted molar refractivity (Wildman–Crippen MR) is 101 cm³/mol. The molecule has 3 rings (SSSR count). The van der Waals surface area contributed by atoms with Crippen molar-refractivity contribution in [1.82, 2.24) is 0 Å². The minimum absolute atomic E-state index is 0.610. The van der Waals surface area contributed by atoms with Crippen LogP contribution >= 0.6 is 0 Å². The SMILES string of the molecule is OC[C@H]1O[C@H](OC[C@H]2O[C@@](CO)(O[C@H]3O[C@H](CO)[C@@H](O)[C@H](O)[C@H]3O)[C@@H](O)[C@@H]2O)[C@H](O)[C@@H](O)[C@H]1O. The van der Waals surface area contributed by atoms with Gasteiger partial charge in [0.1, 0.15) is 73.8 Å². The van der Waals surface area contributed by atoms with Gasteiger partial charge in [0, 0.05) is 0 Å². The standard InChI is InChI=1S/C18H32O16/c19-1-5-8(22)11(25)13(27)16(31-5)30-3-7-10(24)15(29)18(4-21,33-7)34-17-14(28)12(26)9(23)6(2-20)32-17/h5-17,19-29H,1-4H2/t5-,6-,7-,8+,9-,10-,11+,12+,13-,14-,15+,16+,17-,18+/m1/s1. The van der Waals surface area contributed by atoms with Crippen molar-refractivity contribution >= 4 is 0 Å². The zero-order chi connectivity index (χ0) is 25.4. The molecule has 0 bridgehead atoms. The summed E-state index contributed by atoms with van der Waals surface area (Å²) in [5.41, 5.74) is 0. The quantitative estimate of drug-likeness (QED) is 0.146. The summed E-state index contributed by atoms with van der Waals surface area (Å²) in [4.78, 5) is 0. The topological polar surface area (TPSA) is 269 Å². The van der Waals surface area contributed by atoms with Crippen LogP contribution in [0.5, 0.6) is 0 Å². The van der Waals surface area contributed by atoms with Crippen LogP contribution in [0.4, 0.5) is 0 Å². The Morgan fingerprint density at radius 3 is 1.59 bits per heavy atom. The number of aliphatic hydroxyl groups excluding tert-OH is 11. The highest BCUT2D eigenvalue weighted by Crippen LogP contribution is 2.36. The van der Waals surface area contributed by atoms with Crippen LogP contribution in [0, 0.1) is 0 Å². The minimum atomic E-state index is -2.41. The lowest BCUT2D eigenvalue weighted by molar-refractivity contribution is -0.385. The molecule has 34 heavy (non-hydrogen) atoms. The Morgan fingerprint density at radius 1 is 0.588 bits per heavy atom. The normalized spacial score (nSPS) is 52.1. The first kappa shape index (κ1) is 27.9. The molecule has 0 amide bonds. The third-order valence-electron chi connectivity index (χ3n) is 6.16. The summed E-state index contributed by atoms with van der Waals surface area (Å²) in [6.07, 6.45) is -21.6. The molecule has 3 heterocycles. The molecule has 3 saturated heterocycles. The lowest BCUT2D eigenvalue weighted by atomic mass is 9.99. The van der Waals surface area contributed by atoms with Crippen LogP contribution in [0.3, 0.4) is 0 Å². The van der Waals surface area contributed by atoms with Crippen LogP contribution in [-0.4, -0.2) is 168 Å². The summed E-state index contributed by atoms with van der Waals surface area (Å²) < 4.78 is 26.4. The molecule has 0 aromatic rings. The molecule has 11 N–H and O–H groups in total. The molecular formula is C18H32O16. The van der Waals surface area contributed by atoms with Gasteiger partial charge in [0.25, 0.3) is 0 Å². The van der Waals surface area contributed by atoms with Gasteiger partial charge in [-0.2, -0.15) is 0 Å². The third kappa shape index (κ3) is 5.09. The molecule has 0 saturated carbocycles. The first-order valence-electron chi connectivity index (χ1n) is 10.6. The van der Waals surface area contributed by atoms with Gasteiger partial charge in [-0.3, -0.25) is 0 Å². The Morgan fingerprint density at radius 2 is 1.09 bits per heavy atom. The molecule has 0 spiro atoms. The Bertz CT molecular complexity index is 651. The first-order chi connectivity index (χ1) is 16.0. The fraction of sp³-hybridized carbons (Fsp3) is 1.00. The summed E-state index contributed by atoms with van der Waals surface area (Å²) in [6, 6.07) is 0. The largest absolute Gasteiger partial charge is 0.394 e. The van der Waals surface area contributed by atoms with E-state index in [1.807, 2.05) is 0 Å². The van der Waals surface area contributed by atoms with Gasteiger partial charge in [-0.05, 0) is 0 Å². The lowest BCUT2D eigenvalue weighted by Gasteiger charge is -2.43. The average molecular weight is 504 g/mol. The van der Waals surface area contributed by atoms with Gasteiger partial charge >= 0.3 is 0 Å². The molecule has 0 aromatic heterocycles. The van der Waals surface area contributed by atoms with Gasteiger partial charge in [-0.15, -0.1) is 0 Å². The van der Waals surface area contributed by atoms with Crippen molar-refractivity contribution in [3.63, 3.8) is 0 Å². The maximum Gasteiger partial charge on any atom is 0.224 e. The molecule has 0 radical (unpaired) electrons. The molecule has 16 heteroatoms. The average Bonchev–Trinajstić information content (AvgIpc) is 3.07. The van der Waals surface area contributed by atoms with E-state index in [0.29, 0.717) is 0 Å². The van der Waals surface area contributed by atoms with Gasteiger partial charge in [-0.25, -0.2) is 0 Å². The molecule has 3 aliphatic rings. The van der Waals surface area contributed by atoms with Gasteiger partial charge in [0.05, 0.1) is 19.8 Å². The molecule has 3 fully saturated rings. The third-order valence-corrected chi connectivity index (χ3v) is 6.16. The van der Waals surface area contributed by atoms with Crippen molar-refractivity contribution in [2.75, 3.05) is 26.4 Å². The monoisotopic (exact) mass is 504 g/mol. The van der Waals surface area contributed by atoms with E-state index in [-0.39, 0.29) is 0 Å². The Labute approximate surface area is 192 Å². The predicted octanol–water partition coefficient (Wildman–Crippen LogP) is -7.57. The second kappa shape index (κ2) is 11.2. The lowest BCUT2D eigenvalue weighted by Crippen LogP contribution is -2.62. The molecule has 200 valence electrons. The van der Waals surface area contributed by atoms with Crippen LogP contribution in [0.1, 0.15) is 0 Å².